The zero-order chi connectivity index (χ0) is 59.5. The first-order chi connectivity index (χ1) is 36.6. The van der Waals surface area contributed by atoms with E-state index >= 15 is 4.79 Å². The van der Waals surface area contributed by atoms with Gasteiger partial charge in [0, 0.05) is 31.8 Å². The van der Waals surface area contributed by atoms with Gasteiger partial charge in [0.1, 0.15) is 23.3 Å². The van der Waals surface area contributed by atoms with E-state index in [1.807, 2.05) is 81.4 Å². The fourth-order valence-electron chi connectivity index (χ4n) is 8.32. The van der Waals surface area contributed by atoms with Gasteiger partial charge in [0.25, 0.3) is 0 Å². The lowest BCUT2D eigenvalue weighted by Gasteiger charge is -2.42. The molecule has 6 atom stereocenters. The molecule has 0 unspecified atom stereocenters. The van der Waals surface area contributed by atoms with Crippen LogP contribution >= 0.6 is 0 Å². The quantitative estimate of drug-likeness (QED) is 0.0338. The lowest BCUT2D eigenvalue weighted by Crippen LogP contribution is -2.59. The summed E-state index contributed by atoms with van der Waals surface area (Å²) in [5.74, 6) is -2.39. The Morgan fingerprint density at radius 3 is 1.63 bits per heavy atom. The van der Waals surface area contributed by atoms with Crippen LogP contribution < -0.4 is 40.8 Å². The van der Waals surface area contributed by atoms with Gasteiger partial charge in [-0.3, -0.25) is 24.0 Å². The number of amides is 5. The summed E-state index contributed by atoms with van der Waals surface area (Å²) in [7, 11) is 1.75. The van der Waals surface area contributed by atoms with E-state index in [9.17, 15) is 24.0 Å². The maximum atomic E-state index is 15.3. The monoisotopic (exact) mass is 1120 g/mol. The highest BCUT2D eigenvalue weighted by Gasteiger charge is 2.43. The Morgan fingerprint density at radius 1 is 0.582 bits per heavy atom. The van der Waals surface area contributed by atoms with Crippen molar-refractivity contribution in [3.8, 4) is 17.2 Å². The van der Waals surface area contributed by atoms with Gasteiger partial charge in [0.2, 0.25) is 29.4 Å². The van der Waals surface area contributed by atoms with Gasteiger partial charge >= 0.3 is 12.1 Å². The number of hydrogen-bond acceptors (Lipinski definition) is 13. The van der Waals surface area contributed by atoms with Crippen LogP contribution in [0.2, 0.25) is 18.1 Å². The fraction of sp³-hybridized carbons (Fsp3) is 0.600. The first-order valence-corrected chi connectivity index (χ1v) is 30.1. The molecule has 0 aliphatic rings. The second-order valence-corrected chi connectivity index (χ2v) is 29.2. The van der Waals surface area contributed by atoms with E-state index in [4.69, 9.17) is 32.8 Å². The molecule has 0 spiro atoms. The molecule has 3 aromatic carbocycles. The normalized spacial score (nSPS) is 14.5. The van der Waals surface area contributed by atoms with E-state index in [1.54, 1.807) is 60.6 Å². The predicted octanol–water partition coefficient (Wildman–Crippen LogP) is 9.25. The van der Waals surface area contributed by atoms with Crippen molar-refractivity contribution < 1.29 is 61.6 Å². The van der Waals surface area contributed by atoms with Gasteiger partial charge in [-0.1, -0.05) is 81.4 Å². The third-order valence-corrected chi connectivity index (χ3v) is 17.6. The van der Waals surface area contributed by atoms with E-state index in [-0.39, 0.29) is 62.6 Å². The van der Waals surface area contributed by atoms with E-state index < -0.39 is 91.2 Å². The zero-order valence-corrected chi connectivity index (χ0v) is 51.4. The highest BCUT2D eigenvalue weighted by atomic mass is 28.4. The second-order valence-electron chi connectivity index (χ2n) is 24.5. The van der Waals surface area contributed by atoms with Gasteiger partial charge in [-0.05, 0) is 142 Å². The number of ether oxygens (including phenoxy) is 6. The third-order valence-electron chi connectivity index (χ3n) is 13.1. The summed E-state index contributed by atoms with van der Waals surface area (Å²) in [4.78, 5) is 85.3. The topological polar surface area (TPSA) is 227 Å². The van der Waals surface area contributed by atoms with Crippen molar-refractivity contribution in [2.45, 2.75) is 207 Å². The van der Waals surface area contributed by atoms with Gasteiger partial charge < -0.3 is 59.4 Å². The van der Waals surface area contributed by atoms with Crippen LogP contribution in [0.3, 0.4) is 0 Å². The minimum atomic E-state index is -2.77. The number of carbonyl (C=O) groups excluding carboxylic acids is 6. The Kier molecular flexibility index (Phi) is 25.4. The maximum Gasteiger partial charge on any atom is 0.407 e. The van der Waals surface area contributed by atoms with Crippen LogP contribution in [0.1, 0.15) is 139 Å². The number of nitrogens with one attached hydrogen (secondary N) is 5. The molecule has 0 aliphatic heterocycles. The van der Waals surface area contributed by atoms with E-state index in [1.165, 1.54) is 21.3 Å². The van der Waals surface area contributed by atoms with E-state index in [2.05, 4.69) is 60.4 Å². The van der Waals surface area contributed by atoms with Gasteiger partial charge in [0.15, 0.2) is 19.8 Å². The highest BCUT2D eigenvalue weighted by Crippen LogP contribution is 2.40. The first kappa shape index (κ1) is 67.1. The first-order valence-electron chi connectivity index (χ1n) is 27.2. The molecule has 3 rings (SSSR count). The molecule has 79 heavy (non-hydrogen) atoms. The minimum Gasteiger partial charge on any atom is -0.493 e. The number of benzene rings is 3. The molecule has 0 bridgehead atoms. The SMILES string of the molecule is COc1cc(CNC(=O)CC[C@H](NC(=O)OC(C)(C)C)[C@@H](C[C@@H](Cc2ccccc2)C(=O)N[C@@H](CCC(=O)OC(C)(C)C)C(=O)N[C@H](C(=O)NCc2ccccc2)[C@@H](C)OC(C)(C)C)O[Si](C)(C)C(C)(C)C)cc(OC)c1OC. The number of methoxy groups -OCH3 is 3. The number of rotatable bonds is 28. The molecule has 440 valence electrons. The molecule has 0 aromatic heterocycles. The van der Waals surface area contributed by atoms with Crippen molar-refractivity contribution in [3.63, 3.8) is 0 Å². The van der Waals surface area contributed by atoms with Crippen LogP contribution in [-0.2, 0) is 62.1 Å². The number of esters is 1. The van der Waals surface area contributed by atoms with Crippen molar-refractivity contribution in [1.29, 1.82) is 0 Å². The van der Waals surface area contributed by atoms with Crippen LogP contribution in [0, 0.1) is 5.92 Å². The number of alkyl carbamates (subject to hydrolysis) is 1. The molecule has 5 amide bonds. The fourth-order valence-corrected chi connectivity index (χ4v) is 9.69. The Balaban J connectivity index is 2.15. The van der Waals surface area contributed by atoms with Crippen molar-refractivity contribution in [3.05, 3.63) is 89.5 Å². The molecule has 0 heterocycles. The summed E-state index contributed by atoms with van der Waals surface area (Å²) < 4.78 is 41.4. The van der Waals surface area contributed by atoms with Crippen LogP contribution in [0.4, 0.5) is 4.79 Å². The summed E-state index contributed by atoms with van der Waals surface area (Å²) in [5, 5.41) is 14.4. The Morgan fingerprint density at radius 2 is 1.13 bits per heavy atom. The van der Waals surface area contributed by atoms with Crippen molar-refractivity contribution in [1.82, 2.24) is 26.6 Å². The lowest BCUT2D eigenvalue weighted by molar-refractivity contribution is -0.155. The summed E-state index contributed by atoms with van der Waals surface area (Å²) in [6.45, 7) is 28.3. The Labute approximate surface area is 471 Å². The summed E-state index contributed by atoms with van der Waals surface area (Å²) >= 11 is 0. The summed E-state index contributed by atoms with van der Waals surface area (Å²) in [5.41, 5.74) is -0.0932. The molecule has 0 saturated carbocycles. The molecular weight excluding hydrogens is 1030 g/mol. The average Bonchev–Trinajstić information content (AvgIpc) is 3.34. The third kappa shape index (κ3) is 24.0. The van der Waals surface area contributed by atoms with E-state index in [0.717, 1.165) is 11.1 Å². The largest absolute Gasteiger partial charge is 0.493 e. The standard InChI is InChI=1S/C60H93N5O13Si/c1-39(75-57(2,3)4)51(55(70)62-37-41-27-23-20-24-28-41)65-54(69)45(30-32-50(67)76-58(5,6)7)63-53(68)43(33-40-25-21-19-22-26-40)36-46(78-79(17,18)60(11,12)13)44(64-56(71)77-59(8,9)10)29-31-49(66)61-38-42-34-47(72-14)52(74-16)48(35-42)73-15/h19-28,34-35,39,43-46,51H,29-33,36-38H2,1-18H3,(H,61,66)(H,62,70)(H,63,68)(H,64,71)(H,65,69)/t39-,43-,44+,45+,46-,51+/m1/s1. The van der Waals surface area contributed by atoms with E-state index in [0.29, 0.717) is 22.8 Å². The van der Waals surface area contributed by atoms with Gasteiger partial charge in [-0.15, -0.1) is 0 Å². The number of carbonyl (C=O) groups is 6. The minimum absolute atomic E-state index is 0.00212. The summed E-state index contributed by atoms with van der Waals surface area (Å²) in [6, 6.07) is 18.7. The van der Waals surface area contributed by atoms with Crippen LogP contribution in [0.5, 0.6) is 17.2 Å². The predicted molar refractivity (Wildman–Crippen MR) is 308 cm³/mol. The molecule has 19 heteroatoms. The zero-order valence-electron chi connectivity index (χ0n) is 50.4. The lowest BCUT2D eigenvalue weighted by atomic mass is 9.89. The Hall–Kier alpha value is -6.18. The van der Waals surface area contributed by atoms with Crippen LogP contribution in [0.15, 0.2) is 72.8 Å². The highest BCUT2D eigenvalue weighted by molar-refractivity contribution is 6.74. The van der Waals surface area contributed by atoms with Crippen molar-refractivity contribution in [2.24, 2.45) is 5.92 Å². The molecule has 5 N–H and O–H groups in total. The second kappa shape index (κ2) is 29.9. The molecule has 0 radical (unpaired) electrons. The van der Waals surface area contributed by atoms with Gasteiger partial charge in [-0.25, -0.2) is 4.79 Å². The van der Waals surface area contributed by atoms with Gasteiger partial charge in [0.05, 0.1) is 45.2 Å². The summed E-state index contributed by atoms with van der Waals surface area (Å²) in [6.07, 6.45) is -2.74. The molecule has 0 aliphatic carbocycles. The Bertz CT molecular complexity index is 2420. The molecule has 18 nitrogen and oxygen atoms in total. The maximum absolute atomic E-state index is 15.3. The smallest absolute Gasteiger partial charge is 0.407 e. The van der Waals surface area contributed by atoms with Crippen LogP contribution in [0.25, 0.3) is 0 Å². The van der Waals surface area contributed by atoms with Crippen LogP contribution in [-0.4, -0.2) is 112 Å². The number of hydrogen-bond donors (Lipinski definition) is 5. The molecule has 0 saturated heterocycles. The van der Waals surface area contributed by atoms with Gasteiger partial charge in [-0.2, -0.15) is 0 Å². The molecule has 3 aromatic rings. The average molecular weight is 1120 g/mol. The van der Waals surface area contributed by atoms with Crippen molar-refractivity contribution >= 4 is 44.0 Å². The molecular formula is C60H93N5O13Si. The van der Waals surface area contributed by atoms with Crippen molar-refractivity contribution in [2.75, 3.05) is 21.3 Å². The molecule has 0 fully saturated rings.